The van der Waals surface area contributed by atoms with E-state index in [4.69, 9.17) is 4.84 Å². The van der Waals surface area contributed by atoms with Crippen molar-refractivity contribution in [2.24, 2.45) is 40.4 Å². The largest absolute Gasteiger partial charge is 0.300 e. The molecule has 0 aromatic carbocycles. The van der Waals surface area contributed by atoms with E-state index in [0.29, 0.717) is 29.5 Å². The van der Waals surface area contributed by atoms with Crippen LogP contribution in [0.3, 0.4) is 0 Å². The fourth-order valence-electron chi connectivity index (χ4n) is 7.63. The van der Waals surface area contributed by atoms with Gasteiger partial charge >= 0.3 is 0 Å². The van der Waals surface area contributed by atoms with Gasteiger partial charge in [-0.05, 0) is 73.0 Å². The lowest BCUT2D eigenvalue weighted by molar-refractivity contribution is -0.180. The first-order valence-electron chi connectivity index (χ1n) is 10.1. The third kappa shape index (κ3) is 2.35. The Kier molecular flexibility index (Phi) is 4.06. The Labute approximate surface area is 151 Å². The van der Waals surface area contributed by atoms with Crippen LogP contribution >= 0.6 is 0 Å². The van der Waals surface area contributed by atoms with E-state index in [2.05, 4.69) is 13.8 Å². The molecule has 25 heavy (non-hydrogen) atoms. The number of hydroxylamine groups is 2. The number of Topliss-reactive ketones (excluding diaryl/α,β-unsaturated/α-hetero) is 1. The van der Waals surface area contributed by atoms with Crippen LogP contribution in [0, 0.1) is 40.4 Å². The summed E-state index contributed by atoms with van der Waals surface area (Å²) in [4.78, 5) is 30.2. The summed E-state index contributed by atoms with van der Waals surface area (Å²) in [5.74, 6) is 3.38. The second-order valence-electron chi connectivity index (χ2n) is 9.77. The molecule has 4 nitrogen and oxygen atoms in total. The van der Waals surface area contributed by atoms with E-state index in [1.807, 2.05) is 0 Å². The topological polar surface area (TPSA) is 46.6 Å². The molecule has 0 heterocycles. The van der Waals surface area contributed by atoms with Gasteiger partial charge in [-0.1, -0.05) is 13.8 Å². The van der Waals surface area contributed by atoms with Crippen molar-refractivity contribution in [3.05, 3.63) is 0 Å². The SMILES string of the molecule is CON(C)C(=O)[C@H]1CC[C@H]2[C@@H]3CC[C@H]4CC(=O)C[C@]4(C)[C@H]3CC[C@]12C. The van der Waals surface area contributed by atoms with Crippen molar-refractivity contribution in [1.29, 1.82) is 0 Å². The number of ketones is 1. The Morgan fingerprint density at radius 3 is 2.52 bits per heavy atom. The molecule has 4 fully saturated rings. The van der Waals surface area contributed by atoms with Gasteiger partial charge in [-0.15, -0.1) is 0 Å². The lowest BCUT2D eigenvalue weighted by Crippen LogP contribution is -2.52. The van der Waals surface area contributed by atoms with Gasteiger partial charge in [0.1, 0.15) is 5.78 Å². The van der Waals surface area contributed by atoms with E-state index in [1.165, 1.54) is 30.7 Å². The van der Waals surface area contributed by atoms with Crippen LogP contribution in [0.15, 0.2) is 0 Å². The van der Waals surface area contributed by atoms with Gasteiger partial charge in [0.15, 0.2) is 0 Å². The Morgan fingerprint density at radius 1 is 1.08 bits per heavy atom. The number of carbonyl (C=O) groups is 2. The molecule has 7 atom stereocenters. The summed E-state index contributed by atoms with van der Waals surface area (Å²) in [6.07, 6.45) is 8.59. The second-order valence-corrected chi connectivity index (χ2v) is 9.77. The second kappa shape index (κ2) is 5.80. The molecule has 0 aromatic rings. The predicted molar refractivity (Wildman–Crippen MR) is 95.4 cm³/mol. The summed E-state index contributed by atoms with van der Waals surface area (Å²) < 4.78 is 0. The molecule has 0 N–H and O–H groups in total. The summed E-state index contributed by atoms with van der Waals surface area (Å²) in [5, 5.41) is 1.43. The van der Waals surface area contributed by atoms with Crippen LogP contribution in [0.5, 0.6) is 0 Å². The molecule has 1 amide bonds. The first-order valence-corrected chi connectivity index (χ1v) is 10.1. The van der Waals surface area contributed by atoms with Crippen LogP contribution in [0.1, 0.15) is 65.2 Å². The van der Waals surface area contributed by atoms with Crippen LogP contribution in [0.25, 0.3) is 0 Å². The lowest BCUT2D eigenvalue weighted by Gasteiger charge is -2.57. The molecule has 0 unspecified atom stereocenters. The molecule has 0 bridgehead atoms. The molecule has 140 valence electrons. The van der Waals surface area contributed by atoms with Crippen molar-refractivity contribution < 1.29 is 14.4 Å². The highest BCUT2D eigenvalue weighted by molar-refractivity contribution is 5.82. The number of nitrogens with zero attached hydrogens (tertiary/aromatic N) is 1. The third-order valence-corrected chi connectivity index (χ3v) is 9.00. The lowest BCUT2D eigenvalue weighted by atomic mass is 9.47. The van der Waals surface area contributed by atoms with Gasteiger partial charge in [-0.2, -0.15) is 0 Å². The van der Waals surface area contributed by atoms with Crippen LogP contribution in [-0.2, 0) is 14.4 Å². The maximum atomic E-state index is 12.8. The van der Waals surface area contributed by atoms with E-state index < -0.39 is 0 Å². The van der Waals surface area contributed by atoms with Crippen molar-refractivity contribution in [2.75, 3.05) is 14.2 Å². The minimum Gasteiger partial charge on any atom is -0.300 e. The maximum absolute atomic E-state index is 12.8. The average molecular weight is 347 g/mol. The molecular formula is C21H33NO3. The fourth-order valence-corrected chi connectivity index (χ4v) is 7.63. The van der Waals surface area contributed by atoms with Crippen LogP contribution < -0.4 is 0 Å². The van der Waals surface area contributed by atoms with Gasteiger partial charge < -0.3 is 0 Å². The Hall–Kier alpha value is -0.900. The number of hydrogen-bond acceptors (Lipinski definition) is 3. The number of hydrogen-bond donors (Lipinski definition) is 0. The van der Waals surface area contributed by atoms with Gasteiger partial charge in [0, 0.05) is 25.8 Å². The molecule has 4 saturated carbocycles. The average Bonchev–Trinajstić information content (AvgIpc) is 3.08. The number of fused-ring (bicyclic) bond motifs is 5. The molecule has 4 heteroatoms. The summed E-state index contributed by atoms with van der Waals surface area (Å²) in [6.45, 7) is 4.76. The quantitative estimate of drug-likeness (QED) is 0.713. The monoisotopic (exact) mass is 347 g/mol. The van der Waals surface area contributed by atoms with Gasteiger partial charge in [0.2, 0.25) is 5.91 Å². The smallest absolute Gasteiger partial charge is 0.249 e. The van der Waals surface area contributed by atoms with Crippen molar-refractivity contribution in [2.45, 2.75) is 65.2 Å². The first-order chi connectivity index (χ1) is 11.8. The molecule has 0 radical (unpaired) electrons. The van der Waals surface area contributed by atoms with Gasteiger partial charge in [0.05, 0.1) is 7.11 Å². The predicted octanol–water partition coefficient (Wildman–Crippen LogP) is 3.84. The normalized spacial score (nSPS) is 48.6. The van der Waals surface area contributed by atoms with E-state index in [9.17, 15) is 9.59 Å². The molecule has 4 aliphatic carbocycles. The molecule has 4 rings (SSSR count). The zero-order chi connectivity index (χ0) is 18.0. The van der Waals surface area contributed by atoms with Crippen molar-refractivity contribution in [1.82, 2.24) is 5.06 Å². The van der Waals surface area contributed by atoms with Gasteiger partial charge in [0.25, 0.3) is 0 Å². The van der Waals surface area contributed by atoms with Crippen LogP contribution in [0.4, 0.5) is 0 Å². The highest BCUT2D eigenvalue weighted by atomic mass is 16.7. The van der Waals surface area contributed by atoms with Crippen LogP contribution in [-0.4, -0.2) is 30.9 Å². The van der Waals surface area contributed by atoms with Gasteiger partial charge in [-0.3, -0.25) is 14.4 Å². The first kappa shape index (κ1) is 17.5. The number of amides is 1. The number of rotatable bonds is 2. The van der Waals surface area contributed by atoms with E-state index >= 15 is 0 Å². The fraction of sp³-hybridized carbons (Fsp3) is 0.905. The summed E-state index contributed by atoms with van der Waals surface area (Å²) >= 11 is 0. The van der Waals surface area contributed by atoms with E-state index in [1.54, 1.807) is 14.2 Å². The zero-order valence-corrected chi connectivity index (χ0v) is 16.2. The molecule has 0 saturated heterocycles. The van der Waals surface area contributed by atoms with E-state index in [0.717, 1.165) is 25.7 Å². The van der Waals surface area contributed by atoms with Crippen molar-refractivity contribution in [3.63, 3.8) is 0 Å². The maximum Gasteiger partial charge on any atom is 0.249 e. The highest BCUT2D eigenvalue weighted by Gasteiger charge is 2.62. The molecule has 4 aliphatic rings. The Bertz CT molecular complexity index is 590. The molecule has 0 spiro atoms. The minimum absolute atomic E-state index is 0.0964. The third-order valence-electron chi connectivity index (χ3n) is 9.00. The standard InChI is InChI=1S/C21H33NO3/c1-20-10-9-17-15(6-5-13-11-14(23)12-21(13,17)2)16(20)7-8-18(20)19(24)22(3)25-4/h13,15-18H,5-12H2,1-4H3/t13-,15-,16-,17-,18+,20-,21-/m0/s1. The van der Waals surface area contributed by atoms with Crippen LogP contribution in [0.2, 0.25) is 0 Å². The van der Waals surface area contributed by atoms with Gasteiger partial charge in [-0.25, -0.2) is 5.06 Å². The summed E-state index contributed by atoms with van der Waals surface area (Å²) in [7, 11) is 3.31. The Balaban J connectivity index is 1.60. The van der Waals surface area contributed by atoms with Crippen molar-refractivity contribution in [3.8, 4) is 0 Å². The zero-order valence-electron chi connectivity index (χ0n) is 16.2. The summed E-state index contributed by atoms with van der Waals surface area (Å²) in [5.41, 5.74) is 0.337. The molecule has 0 aliphatic heterocycles. The Morgan fingerprint density at radius 2 is 1.80 bits per heavy atom. The van der Waals surface area contributed by atoms with Crippen molar-refractivity contribution >= 4 is 11.7 Å². The number of carbonyl (C=O) groups excluding carboxylic acids is 2. The highest BCUT2D eigenvalue weighted by Crippen LogP contribution is 2.67. The molecule has 0 aromatic heterocycles. The minimum atomic E-state index is 0.0964. The molecular weight excluding hydrogens is 314 g/mol. The summed E-state index contributed by atoms with van der Waals surface area (Å²) in [6, 6.07) is 0. The van der Waals surface area contributed by atoms with E-state index in [-0.39, 0.29) is 22.7 Å².